The van der Waals surface area contributed by atoms with Gasteiger partial charge >= 0.3 is 0 Å². The molecular weight excluding hydrogens is 510 g/mol. The number of carbonyl (C=O) groups is 1. The molecule has 1 aliphatic heterocycles. The molecule has 4 rings (SSSR count). The molecule has 196 valence electrons. The number of hydrogen-bond acceptors (Lipinski definition) is 7. The highest BCUT2D eigenvalue weighted by molar-refractivity contribution is 7.89. The Morgan fingerprint density at radius 2 is 1.84 bits per heavy atom. The van der Waals surface area contributed by atoms with Crippen LogP contribution in [0, 0.1) is 21.7 Å². The van der Waals surface area contributed by atoms with Crippen LogP contribution in [0.5, 0.6) is 0 Å². The highest BCUT2D eigenvalue weighted by atomic mass is 32.2. The molecule has 11 nitrogen and oxygen atoms in total. The van der Waals surface area contributed by atoms with E-state index in [1.54, 1.807) is 38.9 Å². The monoisotopic (exact) mass is 534 g/mol. The zero-order chi connectivity index (χ0) is 27.3. The molecule has 2 N–H and O–H groups in total. The van der Waals surface area contributed by atoms with Crippen LogP contribution in [0.2, 0.25) is 0 Å². The quantitative estimate of drug-likeness (QED) is 0.365. The number of fused-ring (bicyclic) bond motifs is 1. The van der Waals surface area contributed by atoms with Gasteiger partial charge in [0.1, 0.15) is 17.2 Å². The van der Waals surface area contributed by atoms with Crippen LogP contribution in [0.1, 0.15) is 35.5 Å². The van der Waals surface area contributed by atoms with Crippen molar-refractivity contribution in [1.29, 1.82) is 0 Å². The van der Waals surface area contributed by atoms with E-state index in [4.69, 9.17) is 0 Å². The molecule has 0 fully saturated rings. The summed E-state index contributed by atoms with van der Waals surface area (Å²) in [5, 5.41) is 21.1. The number of rotatable bonds is 6. The van der Waals surface area contributed by atoms with Crippen molar-refractivity contribution in [2.75, 3.05) is 30.9 Å². The normalized spacial score (nSPS) is 15.2. The Hall–Kier alpha value is -3.91. The van der Waals surface area contributed by atoms with Gasteiger partial charge in [0.05, 0.1) is 9.82 Å². The highest BCUT2D eigenvalue weighted by Gasteiger charge is 2.41. The Labute approximate surface area is 211 Å². The Balaban J connectivity index is 1.69. The molecule has 0 radical (unpaired) electrons. The van der Waals surface area contributed by atoms with Crippen molar-refractivity contribution in [2.45, 2.75) is 30.7 Å². The molecule has 0 saturated heterocycles. The SMILES string of the molecule is CN(C)c1ccc(C(=O)Nc2n[nH]c3c2CN(S(=O)(=O)c2cc(F)cc(F)c2)CC3(C)C)c([N+](=O)[O-])c1. The molecule has 14 heteroatoms. The summed E-state index contributed by atoms with van der Waals surface area (Å²) in [5.74, 6) is -2.89. The number of aromatic nitrogens is 2. The van der Waals surface area contributed by atoms with Crippen molar-refractivity contribution in [1.82, 2.24) is 14.5 Å². The van der Waals surface area contributed by atoms with Gasteiger partial charge in [-0.1, -0.05) is 13.8 Å². The Morgan fingerprint density at radius 3 is 2.43 bits per heavy atom. The second-order valence-corrected chi connectivity index (χ2v) is 11.4. The third-order valence-electron chi connectivity index (χ3n) is 6.09. The maximum absolute atomic E-state index is 13.8. The lowest BCUT2D eigenvalue weighted by atomic mass is 9.84. The van der Waals surface area contributed by atoms with Crippen LogP contribution in [0.15, 0.2) is 41.3 Å². The number of benzene rings is 2. The lowest BCUT2D eigenvalue weighted by molar-refractivity contribution is -0.385. The average Bonchev–Trinajstić information content (AvgIpc) is 3.21. The Kier molecular flexibility index (Phi) is 6.50. The van der Waals surface area contributed by atoms with Crippen LogP contribution in [0.3, 0.4) is 0 Å². The fourth-order valence-electron chi connectivity index (χ4n) is 4.25. The van der Waals surface area contributed by atoms with Gasteiger partial charge in [0.2, 0.25) is 10.0 Å². The minimum Gasteiger partial charge on any atom is -0.377 e. The fourth-order valence-corrected chi connectivity index (χ4v) is 5.86. The highest BCUT2D eigenvalue weighted by Crippen LogP contribution is 2.38. The summed E-state index contributed by atoms with van der Waals surface area (Å²) in [5.41, 5.74) is -0.0265. The van der Waals surface area contributed by atoms with E-state index in [-0.39, 0.29) is 24.5 Å². The summed E-state index contributed by atoms with van der Waals surface area (Å²) < 4.78 is 55.1. The number of halogens is 2. The van der Waals surface area contributed by atoms with Crippen LogP contribution in [0.4, 0.5) is 26.0 Å². The number of aromatic amines is 1. The largest absolute Gasteiger partial charge is 0.377 e. The van der Waals surface area contributed by atoms with Crippen molar-refractivity contribution in [3.63, 3.8) is 0 Å². The van der Waals surface area contributed by atoms with Crippen molar-refractivity contribution in [3.8, 4) is 0 Å². The number of nitro benzene ring substituents is 1. The number of anilines is 2. The van der Waals surface area contributed by atoms with Gasteiger partial charge in [-0.2, -0.15) is 9.40 Å². The molecule has 0 bridgehead atoms. The number of hydrogen-bond donors (Lipinski definition) is 2. The lowest BCUT2D eigenvalue weighted by Crippen LogP contribution is -2.45. The van der Waals surface area contributed by atoms with E-state index < -0.39 is 48.5 Å². The number of nitrogens with zero attached hydrogens (tertiary/aromatic N) is 4. The van der Waals surface area contributed by atoms with Crippen LogP contribution < -0.4 is 10.2 Å². The van der Waals surface area contributed by atoms with Crippen molar-refractivity contribution >= 4 is 33.1 Å². The van der Waals surface area contributed by atoms with E-state index in [1.807, 2.05) is 0 Å². The standard InChI is InChI=1S/C23H24F2N6O5S/c1-23(2)12-30(37(35,36)16-8-13(24)7-14(25)9-16)11-18-20(23)27-28-21(18)26-22(32)17-6-5-15(29(3)4)10-19(17)31(33)34/h5-10H,11-12H2,1-4H3,(H2,26,27,28,32). The predicted octanol–water partition coefficient (Wildman–Crippen LogP) is 3.40. The molecule has 0 atom stereocenters. The maximum Gasteiger partial charge on any atom is 0.284 e. The second-order valence-electron chi connectivity index (χ2n) is 9.50. The van der Waals surface area contributed by atoms with Crippen LogP contribution >= 0.6 is 0 Å². The summed E-state index contributed by atoms with van der Waals surface area (Å²) in [6.45, 7) is 3.20. The first-order valence-electron chi connectivity index (χ1n) is 11.0. The number of H-pyrrole nitrogens is 1. The van der Waals surface area contributed by atoms with Gasteiger partial charge < -0.3 is 10.2 Å². The van der Waals surface area contributed by atoms with Gasteiger partial charge in [0.25, 0.3) is 11.6 Å². The number of nitro groups is 1. The van der Waals surface area contributed by atoms with Gasteiger partial charge in [0.15, 0.2) is 5.82 Å². The lowest BCUT2D eigenvalue weighted by Gasteiger charge is -2.36. The number of amides is 1. The van der Waals surface area contributed by atoms with Gasteiger partial charge in [0, 0.05) is 61.7 Å². The van der Waals surface area contributed by atoms with Crippen molar-refractivity contribution in [3.05, 3.63) is 75.0 Å². The molecule has 2 heterocycles. The molecule has 37 heavy (non-hydrogen) atoms. The van der Waals surface area contributed by atoms with Crippen LogP contribution in [-0.4, -0.2) is 54.4 Å². The van der Waals surface area contributed by atoms with Crippen molar-refractivity contribution in [2.24, 2.45) is 0 Å². The van der Waals surface area contributed by atoms with Crippen LogP contribution in [0.25, 0.3) is 0 Å². The van der Waals surface area contributed by atoms with E-state index in [0.717, 1.165) is 16.4 Å². The number of sulfonamides is 1. The molecule has 1 aromatic heterocycles. The summed E-state index contributed by atoms with van der Waals surface area (Å²) in [4.78, 5) is 25.1. The van der Waals surface area contributed by atoms with Gasteiger partial charge in [-0.15, -0.1) is 0 Å². The third kappa shape index (κ3) is 4.89. The molecule has 1 aliphatic rings. The van der Waals surface area contributed by atoms with E-state index in [0.29, 0.717) is 23.0 Å². The molecule has 0 saturated carbocycles. The smallest absolute Gasteiger partial charge is 0.284 e. The van der Waals surface area contributed by atoms with Gasteiger partial charge in [-0.3, -0.25) is 20.0 Å². The van der Waals surface area contributed by atoms with Gasteiger partial charge in [-0.25, -0.2) is 17.2 Å². The van der Waals surface area contributed by atoms with Crippen LogP contribution in [-0.2, 0) is 22.0 Å². The van der Waals surface area contributed by atoms with E-state index in [2.05, 4.69) is 15.5 Å². The maximum atomic E-state index is 13.8. The van der Waals surface area contributed by atoms with E-state index >= 15 is 0 Å². The van der Waals surface area contributed by atoms with Gasteiger partial charge in [-0.05, 0) is 24.3 Å². The first kappa shape index (κ1) is 26.2. The minimum absolute atomic E-state index is 0.00983. The molecule has 0 unspecified atom stereocenters. The first-order valence-corrected chi connectivity index (χ1v) is 12.5. The summed E-state index contributed by atoms with van der Waals surface area (Å²) in [6, 6.07) is 6.18. The summed E-state index contributed by atoms with van der Waals surface area (Å²) in [6.07, 6.45) is 0. The van der Waals surface area contributed by atoms with Crippen molar-refractivity contribution < 1.29 is 26.9 Å². The predicted molar refractivity (Wildman–Crippen MR) is 131 cm³/mol. The molecule has 0 spiro atoms. The molecule has 3 aromatic rings. The summed E-state index contributed by atoms with van der Waals surface area (Å²) >= 11 is 0. The van der Waals surface area contributed by atoms with E-state index in [9.17, 15) is 32.1 Å². The minimum atomic E-state index is -4.32. The van der Waals surface area contributed by atoms with E-state index in [1.165, 1.54) is 12.1 Å². The zero-order valence-electron chi connectivity index (χ0n) is 20.4. The average molecular weight is 535 g/mol. The second kappa shape index (κ2) is 9.19. The number of nitrogens with one attached hydrogen (secondary N) is 2. The Bertz CT molecular complexity index is 1500. The topological polar surface area (TPSA) is 142 Å². The fraction of sp³-hybridized carbons (Fsp3) is 0.304. The Morgan fingerprint density at radius 1 is 1.19 bits per heavy atom. The molecule has 2 aromatic carbocycles. The summed E-state index contributed by atoms with van der Waals surface area (Å²) in [7, 11) is -0.916. The molecule has 0 aliphatic carbocycles. The molecular formula is C23H24F2N6O5S. The molecule has 1 amide bonds. The number of carbonyl (C=O) groups excluding carboxylic acids is 1. The zero-order valence-corrected chi connectivity index (χ0v) is 21.2. The third-order valence-corrected chi connectivity index (χ3v) is 7.86. The first-order chi connectivity index (χ1) is 17.2.